The Labute approximate surface area is 179 Å². The van der Waals surface area contributed by atoms with Crippen LogP contribution in [0.5, 0.6) is 0 Å². The molecule has 0 aromatic heterocycles. The van der Waals surface area contributed by atoms with Gasteiger partial charge in [-0.05, 0) is 84.5 Å². The van der Waals surface area contributed by atoms with Gasteiger partial charge >= 0.3 is 0 Å². The van der Waals surface area contributed by atoms with Gasteiger partial charge in [0.05, 0.1) is 45.6 Å². The van der Waals surface area contributed by atoms with Crippen molar-refractivity contribution >= 4 is 34.1 Å². The van der Waals surface area contributed by atoms with Gasteiger partial charge in [-0.15, -0.1) is 0 Å². The highest BCUT2D eigenvalue weighted by Crippen LogP contribution is 2.31. The first-order chi connectivity index (χ1) is 15.2. The van der Waals surface area contributed by atoms with E-state index < -0.39 is 0 Å². The zero-order chi connectivity index (χ0) is 20.8. The molecule has 5 nitrogen and oxygen atoms in total. The summed E-state index contributed by atoms with van der Waals surface area (Å²) < 4.78 is 0. The molecule has 0 amide bonds. The standard InChI is InChI=1S/C26H17N5/c27-17-3-1-16(2-4-17)25-14-24-13-22-8-7-20(29-22)11-18-5-6-19(28-18)12-21-9-10-23(30-21)15-26(25)31-24/h1-15H,27H2. The van der Waals surface area contributed by atoms with Gasteiger partial charge in [0.15, 0.2) is 0 Å². The van der Waals surface area contributed by atoms with Crippen molar-refractivity contribution in [2.24, 2.45) is 20.0 Å². The molecular formula is C26H17N5. The van der Waals surface area contributed by atoms with E-state index in [-0.39, 0.29) is 0 Å². The van der Waals surface area contributed by atoms with Gasteiger partial charge in [0, 0.05) is 11.3 Å². The fourth-order valence-electron chi connectivity index (χ4n) is 3.79. The Morgan fingerprint density at radius 1 is 0.484 bits per heavy atom. The summed E-state index contributed by atoms with van der Waals surface area (Å²) in [5, 5.41) is 0. The van der Waals surface area contributed by atoms with Crippen LogP contribution < -0.4 is 5.73 Å². The molecule has 0 aliphatic carbocycles. The Morgan fingerprint density at radius 3 is 1.58 bits per heavy atom. The third-order valence-electron chi connectivity index (χ3n) is 5.26. The van der Waals surface area contributed by atoms with E-state index in [0.717, 1.165) is 62.5 Å². The molecule has 0 spiro atoms. The van der Waals surface area contributed by atoms with Crippen LogP contribution in [-0.4, -0.2) is 22.8 Å². The smallest absolute Gasteiger partial charge is 0.0737 e. The van der Waals surface area contributed by atoms with E-state index >= 15 is 0 Å². The molecule has 8 bridgehead atoms. The van der Waals surface area contributed by atoms with Gasteiger partial charge in [-0.2, -0.15) is 0 Å². The second-order valence-electron chi connectivity index (χ2n) is 7.56. The molecule has 0 atom stereocenters. The van der Waals surface area contributed by atoms with E-state index in [1.807, 2.05) is 85.0 Å². The molecular weight excluding hydrogens is 382 g/mol. The van der Waals surface area contributed by atoms with Crippen molar-refractivity contribution in [3.8, 4) is 0 Å². The Bertz CT molecular complexity index is 1390. The molecule has 0 radical (unpaired) electrons. The van der Waals surface area contributed by atoms with Crippen LogP contribution in [0.15, 0.2) is 134 Å². The monoisotopic (exact) mass is 399 g/mol. The highest BCUT2D eigenvalue weighted by atomic mass is 14.8. The van der Waals surface area contributed by atoms with Crippen LogP contribution in [0.2, 0.25) is 0 Å². The molecule has 31 heavy (non-hydrogen) atoms. The molecule has 5 heteroatoms. The van der Waals surface area contributed by atoms with Crippen molar-refractivity contribution in [1.29, 1.82) is 0 Å². The highest BCUT2D eigenvalue weighted by Gasteiger charge is 2.18. The van der Waals surface area contributed by atoms with Gasteiger partial charge < -0.3 is 5.73 Å². The first-order valence-corrected chi connectivity index (χ1v) is 10.0. The third kappa shape index (κ3) is 3.42. The first-order valence-electron chi connectivity index (χ1n) is 10.0. The van der Waals surface area contributed by atoms with Crippen LogP contribution in [-0.2, 0) is 0 Å². The van der Waals surface area contributed by atoms with Crippen molar-refractivity contribution in [2.75, 3.05) is 5.73 Å². The fraction of sp³-hybridized carbons (Fsp3) is 0. The van der Waals surface area contributed by atoms with Gasteiger partial charge in [0.25, 0.3) is 0 Å². The number of allylic oxidation sites excluding steroid dienone is 12. The van der Waals surface area contributed by atoms with Crippen molar-refractivity contribution < 1.29 is 0 Å². The summed E-state index contributed by atoms with van der Waals surface area (Å²) in [7, 11) is 0. The molecule has 0 fully saturated rings. The van der Waals surface area contributed by atoms with Crippen molar-refractivity contribution in [3.05, 3.63) is 119 Å². The topological polar surface area (TPSA) is 75.5 Å². The van der Waals surface area contributed by atoms with Gasteiger partial charge in [-0.1, -0.05) is 12.1 Å². The number of fused-ring (bicyclic) bond motifs is 4. The molecule has 0 saturated carbocycles. The molecule has 5 aliphatic heterocycles. The summed E-state index contributed by atoms with van der Waals surface area (Å²) in [5.74, 6) is 0. The van der Waals surface area contributed by atoms with Gasteiger partial charge in [0.2, 0.25) is 0 Å². The number of hydrogen-bond acceptors (Lipinski definition) is 5. The summed E-state index contributed by atoms with van der Waals surface area (Å²) in [5.41, 5.74) is 15.6. The van der Waals surface area contributed by atoms with Crippen LogP contribution in [0.1, 0.15) is 5.56 Å². The minimum atomic E-state index is 0.734. The van der Waals surface area contributed by atoms with Gasteiger partial charge in [-0.3, -0.25) is 0 Å². The maximum atomic E-state index is 5.88. The fourth-order valence-corrected chi connectivity index (χ4v) is 3.79. The molecule has 1 aromatic carbocycles. The molecule has 5 heterocycles. The number of nitrogens with two attached hydrogens (primary N) is 1. The second kappa shape index (κ2) is 6.85. The predicted octanol–water partition coefficient (Wildman–Crippen LogP) is 4.69. The average Bonchev–Trinajstić information content (AvgIpc) is 3.54. The maximum Gasteiger partial charge on any atom is 0.0737 e. The highest BCUT2D eigenvalue weighted by molar-refractivity contribution is 6.19. The lowest BCUT2D eigenvalue weighted by molar-refractivity contribution is 1.41. The lowest BCUT2D eigenvalue weighted by atomic mass is 10.0. The van der Waals surface area contributed by atoms with Crippen molar-refractivity contribution in [1.82, 2.24) is 0 Å². The van der Waals surface area contributed by atoms with Crippen molar-refractivity contribution in [2.45, 2.75) is 0 Å². The zero-order valence-corrected chi connectivity index (χ0v) is 16.5. The van der Waals surface area contributed by atoms with Crippen LogP contribution in [0.4, 0.5) is 5.69 Å². The first kappa shape index (κ1) is 17.5. The van der Waals surface area contributed by atoms with Crippen molar-refractivity contribution in [3.63, 3.8) is 0 Å². The Kier molecular flexibility index (Phi) is 3.86. The van der Waals surface area contributed by atoms with Crippen LogP contribution in [0.3, 0.4) is 0 Å². The van der Waals surface area contributed by atoms with Crippen LogP contribution in [0.25, 0.3) is 5.57 Å². The van der Waals surface area contributed by atoms with Gasteiger partial charge in [0.1, 0.15) is 0 Å². The molecule has 0 unspecified atom stereocenters. The summed E-state index contributed by atoms with van der Waals surface area (Å²) in [6, 6.07) is 7.83. The van der Waals surface area contributed by atoms with E-state index in [1.165, 1.54) is 0 Å². The summed E-state index contributed by atoms with van der Waals surface area (Å²) in [4.78, 5) is 18.9. The Balaban J connectivity index is 1.50. The number of rotatable bonds is 1. The van der Waals surface area contributed by atoms with E-state index in [1.54, 1.807) is 0 Å². The molecule has 6 rings (SSSR count). The molecule has 0 saturated heterocycles. The van der Waals surface area contributed by atoms with E-state index in [4.69, 9.17) is 20.7 Å². The predicted molar refractivity (Wildman–Crippen MR) is 128 cm³/mol. The minimum Gasteiger partial charge on any atom is -0.399 e. The quantitative estimate of drug-likeness (QED) is 0.684. The van der Waals surface area contributed by atoms with Crippen LogP contribution >= 0.6 is 0 Å². The second-order valence-corrected chi connectivity index (χ2v) is 7.56. The average molecular weight is 399 g/mol. The number of benzene rings is 1. The molecule has 5 aliphatic rings. The van der Waals surface area contributed by atoms with E-state index in [2.05, 4.69) is 11.1 Å². The SMILES string of the molecule is Nc1ccc(C2=CC3=NC2=CC2=NC(=CC4=NC(=CC5=NC(=C3)C=C5)C=C4)C=C2)cc1. The molecule has 2 N–H and O–H groups in total. The summed E-state index contributed by atoms with van der Waals surface area (Å²) in [6.45, 7) is 0. The Hall–Kier alpha value is -4.38. The minimum absolute atomic E-state index is 0.734. The van der Waals surface area contributed by atoms with Gasteiger partial charge in [-0.25, -0.2) is 20.0 Å². The zero-order valence-electron chi connectivity index (χ0n) is 16.5. The molecule has 1 aromatic rings. The lowest BCUT2D eigenvalue weighted by Gasteiger charge is -2.04. The molecule has 146 valence electrons. The normalized spacial score (nSPS) is 20.5. The van der Waals surface area contributed by atoms with E-state index in [9.17, 15) is 0 Å². The number of aliphatic imine (C=N–C) groups is 4. The van der Waals surface area contributed by atoms with Crippen LogP contribution in [0, 0.1) is 0 Å². The lowest BCUT2D eigenvalue weighted by Crippen LogP contribution is -1.91. The number of hydrogen-bond donors (Lipinski definition) is 1. The third-order valence-corrected chi connectivity index (χ3v) is 5.26. The number of nitrogens with zero attached hydrogens (tertiary/aromatic N) is 4. The Morgan fingerprint density at radius 2 is 1.00 bits per heavy atom. The number of anilines is 1. The summed E-state index contributed by atoms with van der Waals surface area (Å²) in [6.07, 6.45) is 22.0. The number of nitrogen functional groups attached to an aromatic ring is 1. The largest absolute Gasteiger partial charge is 0.399 e. The summed E-state index contributed by atoms with van der Waals surface area (Å²) >= 11 is 0. The van der Waals surface area contributed by atoms with E-state index in [0.29, 0.717) is 0 Å². The maximum absolute atomic E-state index is 5.88.